The van der Waals surface area contributed by atoms with Gasteiger partial charge in [-0.1, -0.05) is 0 Å². The fourth-order valence-corrected chi connectivity index (χ4v) is 0.693. The third kappa shape index (κ3) is 3.77. The van der Waals surface area contributed by atoms with Crippen LogP contribution in [0.2, 0.25) is 6.32 Å². The Labute approximate surface area is 67.1 Å². The minimum absolute atomic E-state index is 0.0756. The second kappa shape index (κ2) is 5.91. The van der Waals surface area contributed by atoms with Crippen molar-refractivity contribution in [3.8, 4) is 0 Å². The van der Waals surface area contributed by atoms with E-state index in [9.17, 15) is 9.59 Å². The van der Waals surface area contributed by atoms with Gasteiger partial charge >= 0.3 is 0 Å². The minimum atomic E-state index is -0.248. The highest BCUT2D eigenvalue weighted by molar-refractivity contribution is 6.19. The first-order valence-corrected chi connectivity index (χ1v) is 3.37. The zero-order valence-electron chi connectivity index (χ0n) is 6.32. The minimum Gasteiger partial charge on any atom is -0.335 e. The van der Waals surface area contributed by atoms with Crippen molar-refractivity contribution < 1.29 is 9.59 Å². The monoisotopic (exact) mass is 154 g/mol. The lowest BCUT2D eigenvalue weighted by Gasteiger charge is -2.17. The Morgan fingerprint density at radius 3 is 2.64 bits per heavy atom. The van der Waals surface area contributed by atoms with E-state index >= 15 is 0 Å². The SMILES string of the molecule is [B]CC(=O)N(CC=O)CCN. The van der Waals surface area contributed by atoms with Crippen LogP contribution < -0.4 is 5.73 Å². The number of nitrogens with two attached hydrogens (primary N) is 1. The quantitative estimate of drug-likeness (QED) is 0.389. The first-order chi connectivity index (χ1) is 5.26. The molecule has 0 aromatic heterocycles. The van der Waals surface area contributed by atoms with Crippen LogP contribution in [0.3, 0.4) is 0 Å². The molecule has 0 rings (SSSR count). The van der Waals surface area contributed by atoms with Gasteiger partial charge in [0, 0.05) is 13.1 Å². The Kier molecular flexibility index (Phi) is 5.46. The van der Waals surface area contributed by atoms with Crippen LogP contribution in [0.25, 0.3) is 0 Å². The summed E-state index contributed by atoms with van der Waals surface area (Å²) in [6.07, 6.45) is 0.580. The second-order valence-electron chi connectivity index (χ2n) is 2.00. The van der Waals surface area contributed by atoms with Gasteiger partial charge in [-0.05, 0) is 6.32 Å². The number of amides is 1. The summed E-state index contributed by atoms with van der Waals surface area (Å²) in [6.45, 7) is 0.807. The number of carbonyl (C=O) groups excluding carboxylic acids is 2. The lowest BCUT2D eigenvalue weighted by atomic mass is 10.0. The van der Waals surface area contributed by atoms with Crippen LogP contribution >= 0.6 is 0 Å². The zero-order chi connectivity index (χ0) is 8.69. The van der Waals surface area contributed by atoms with Crippen molar-refractivity contribution in [1.29, 1.82) is 0 Å². The van der Waals surface area contributed by atoms with E-state index in [-0.39, 0.29) is 18.8 Å². The summed E-state index contributed by atoms with van der Waals surface area (Å²) in [7, 11) is 5.09. The number of hydrogen-bond donors (Lipinski definition) is 1. The lowest BCUT2D eigenvalue weighted by Crippen LogP contribution is -2.36. The Hall–Kier alpha value is -0.835. The number of hydrogen-bond acceptors (Lipinski definition) is 3. The highest BCUT2D eigenvalue weighted by atomic mass is 16.2. The predicted octanol–water partition coefficient (Wildman–Crippen LogP) is -1.44. The highest BCUT2D eigenvalue weighted by Crippen LogP contribution is 1.89. The summed E-state index contributed by atoms with van der Waals surface area (Å²) in [5, 5.41) is 0. The summed E-state index contributed by atoms with van der Waals surface area (Å²) < 4.78 is 0. The molecule has 1 amide bonds. The third-order valence-corrected chi connectivity index (χ3v) is 1.22. The van der Waals surface area contributed by atoms with Crippen molar-refractivity contribution in [2.24, 2.45) is 5.73 Å². The standard InChI is InChI=1S/C6H11BN2O2/c7-5-6(11)9(2-1-8)3-4-10/h4H,1-3,5,8H2. The molecule has 0 aromatic carbocycles. The third-order valence-electron chi connectivity index (χ3n) is 1.22. The Morgan fingerprint density at radius 2 is 2.27 bits per heavy atom. The highest BCUT2D eigenvalue weighted by Gasteiger charge is 2.07. The molecule has 4 nitrogen and oxygen atoms in total. The van der Waals surface area contributed by atoms with Crippen molar-refractivity contribution in [3.05, 3.63) is 0 Å². The van der Waals surface area contributed by atoms with E-state index in [1.807, 2.05) is 0 Å². The molecule has 60 valence electrons. The summed E-state index contributed by atoms with van der Waals surface area (Å²) in [6, 6.07) is 0. The van der Waals surface area contributed by atoms with Crippen molar-refractivity contribution in [3.63, 3.8) is 0 Å². The summed E-state index contributed by atoms with van der Waals surface area (Å²) in [5.41, 5.74) is 5.20. The molecular formula is C6H11BN2O2. The molecule has 0 aliphatic heterocycles. The van der Waals surface area contributed by atoms with E-state index in [4.69, 9.17) is 13.6 Å². The number of aldehydes is 1. The molecule has 0 fully saturated rings. The maximum atomic E-state index is 10.9. The maximum absolute atomic E-state index is 10.9. The largest absolute Gasteiger partial charge is 0.335 e. The average Bonchev–Trinajstić information content (AvgIpc) is 2.03. The molecule has 0 spiro atoms. The Morgan fingerprint density at radius 1 is 1.64 bits per heavy atom. The van der Waals surface area contributed by atoms with Gasteiger partial charge < -0.3 is 15.4 Å². The molecular weight excluding hydrogens is 143 g/mol. The molecule has 0 saturated heterocycles. The molecule has 0 aliphatic rings. The van der Waals surface area contributed by atoms with Crippen LogP contribution in [0.15, 0.2) is 0 Å². The number of nitrogens with zero attached hydrogens (tertiary/aromatic N) is 1. The molecule has 0 bridgehead atoms. The van der Waals surface area contributed by atoms with Gasteiger partial charge in [-0.15, -0.1) is 0 Å². The molecule has 2 N–H and O–H groups in total. The summed E-state index contributed by atoms with van der Waals surface area (Å²) in [4.78, 5) is 22.2. The molecule has 0 saturated carbocycles. The van der Waals surface area contributed by atoms with Crippen LogP contribution in [-0.2, 0) is 9.59 Å². The Bertz CT molecular complexity index is 141. The summed E-state index contributed by atoms with van der Waals surface area (Å²) in [5.74, 6) is -0.248. The van der Waals surface area contributed by atoms with Crippen LogP contribution in [-0.4, -0.2) is 44.6 Å². The van der Waals surface area contributed by atoms with E-state index in [2.05, 4.69) is 0 Å². The van der Waals surface area contributed by atoms with E-state index < -0.39 is 0 Å². The van der Waals surface area contributed by atoms with E-state index in [0.29, 0.717) is 19.4 Å². The van der Waals surface area contributed by atoms with Crippen molar-refractivity contribution >= 4 is 20.0 Å². The molecule has 0 unspecified atom stereocenters. The van der Waals surface area contributed by atoms with Crippen molar-refractivity contribution in [2.45, 2.75) is 6.32 Å². The van der Waals surface area contributed by atoms with Gasteiger partial charge in [0.15, 0.2) is 0 Å². The average molecular weight is 154 g/mol. The Balaban J connectivity index is 3.86. The molecule has 11 heavy (non-hydrogen) atoms. The van der Waals surface area contributed by atoms with Gasteiger partial charge in [-0.25, -0.2) is 0 Å². The van der Waals surface area contributed by atoms with Crippen molar-refractivity contribution in [2.75, 3.05) is 19.6 Å². The van der Waals surface area contributed by atoms with E-state index in [1.165, 1.54) is 4.90 Å². The van der Waals surface area contributed by atoms with Crippen LogP contribution in [0.5, 0.6) is 0 Å². The van der Waals surface area contributed by atoms with Gasteiger partial charge in [-0.3, -0.25) is 4.79 Å². The zero-order valence-corrected chi connectivity index (χ0v) is 6.32. The summed E-state index contributed by atoms with van der Waals surface area (Å²) >= 11 is 0. The number of rotatable bonds is 5. The van der Waals surface area contributed by atoms with E-state index in [1.54, 1.807) is 0 Å². The fraction of sp³-hybridized carbons (Fsp3) is 0.667. The lowest BCUT2D eigenvalue weighted by molar-refractivity contribution is -0.130. The maximum Gasteiger partial charge on any atom is 0.214 e. The molecule has 2 radical (unpaired) electrons. The van der Waals surface area contributed by atoms with Crippen LogP contribution in [0.1, 0.15) is 0 Å². The second-order valence-corrected chi connectivity index (χ2v) is 2.00. The topological polar surface area (TPSA) is 63.4 Å². The molecule has 0 aliphatic carbocycles. The normalized spacial score (nSPS) is 9.18. The van der Waals surface area contributed by atoms with Gasteiger partial charge in [-0.2, -0.15) is 0 Å². The van der Waals surface area contributed by atoms with Gasteiger partial charge in [0.1, 0.15) is 6.29 Å². The number of carbonyl (C=O) groups is 2. The molecule has 0 atom stereocenters. The van der Waals surface area contributed by atoms with E-state index in [0.717, 1.165) is 0 Å². The smallest absolute Gasteiger partial charge is 0.214 e. The molecule has 5 heteroatoms. The fourth-order valence-electron chi connectivity index (χ4n) is 0.693. The van der Waals surface area contributed by atoms with Crippen LogP contribution in [0, 0.1) is 0 Å². The first kappa shape index (κ1) is 10.2. The van der Waals surface area contributed by atoms with Gasteiger partial charge in [0.25, 0.3) is 0 Å². The van der Waals surface area contributed by atoms with Gasteiger partial charge in [0.2, 0.25) is 5.91 Å². The first-order valence-electron chi connectivity index (χ1n) is 3.37. The van der Waals surface area contributed by atoms with Crippen LogP contribution in [0.4, 0.5) is 0 Å². The predicted molar refractivity (Wildman–Crippen MR) is 42.3 cm³/mol. The molecule has 0 heterocycles. The van der Waals surface area contributed by atoms with Crippen molar-refractivity contribution in [1.82, 2.24) is 4.90 Å². The molecule has 0 aromatic rings. The van der Waals surface area contributed by atoms with Gasteiger partial charge in [0.05, 0.1) is 14.4 Å².